The molecule has 0 aliphatic heterocycles. The molecule has 0 atom stereocenters. The average molecular weight is 202 g/mol. The number of carbonyl (C=O) groups excluding carboxylic acids is 1. The number of amides is 1. The van der Waals surface area contributed by atoms with E-state index in [0.717, 1.165) is 0 Å². The zero-order chi connectivity index (χ0) is 11.2. The lowest BCUT2D eigenvalue weighted by molar-refractivity contribution is -0.136. The summed E-state index contributed by atoms with van der Waals surface area (Å²) < 4.78 is 0. The first kappa shape index (κ1) is 12.9. The lowest BCUT2D eigenvalue weighted by Crippen LogP contribution is -2.34. The molecule has 0 radical (unpaired) electrons. The van der Waals surface area contributed by atoms with E-state index >= 15 is 0 Å². The predicted octanol–water partition coefficient (Wildman–Crippen LogP) is 0.0948. The molecule has 0 aromatic heterocycles. The third-order valence-corrected chi connectivity index (χ3v) is 1.66. The van der Waals surface area contributed by atoms with Crippen LogP contribution in [0.5, 0.6) is 0 Å². The van der Waals surface area contributed by atoms with Crippen molar-refractivity contribution in [3.63, 3.8) is 0 Å². The lowest BCUT2D eigenvalue weighted by Gasteiger charge is -2.17. The Morgan fingerprint density at radius 1 is 1.36 bits per heavy atom. The van der Waals surface area contributed by atoms with E-state index in [1.165, 1.54) is 0 Å². The van der Waals surface area contributed by atoms with Crippen LogP contribution in [0.2, 0.25) is 0 Å². The van der Waals surface area contributed by atoms with Gasteiger partial charge >= 0.3 is 5.97 Å². The van der Waals surface area contributed by atoms with E-state index in [1.807, 2.05) is 13.8 Å². The maximum atomic E-state index is 11.1. The minimum atomic E-state index is -0.913. The van der Waals surface area contributed by atoms with Crippen LogP contribution in [0.4, 0.5) is 0 Å². The molecule has 0 unspecified atom stereocenters. The number of carbonyl (C=O) groups is 2. The highest BCUT2D eigenvalue weighted by molar-refractivity contribution is 5.76. The van der Waals surface area contributed by atoms with Gasteiger partial charge in [0.25, 0.3) is 0 Å². The Morgan fingerprint density at radius 2 is 1.93 bits per heavy atom. The third kappa shape index (κ3) is 8.99. The highest BCUT2D eigenvalue weighted by Crippen LogP contribution is 2.06. The zero-order valence-electron chi connectivity index (χ0n) is 8.67. The van der Waals surface area contributed by atoms with Gasteiger partial charge in [-0.3, -0.25) is 9.59 Å². The summed E-state index contributed by atoms with van der Waals surface area (Å²) >= 11 is 0. The number of hydrogen-bond donors (Lipinski definition) is 3. The van der Waals surface area contributed by atoms with Crippen LogP contribution in [0.25, 0.3) is 0 Å². The fourth-order valence-corrected chi connectivity index (χ4v) is 0.833. The van der Waals surface area contributed by atoms with Crippen LogP contribution < -0.4 is 11.1 Å². The molecule has 0 heterocycles. The summed E-state index contributed by atoms with van der Waals surface area (Å²) in [4.78, 5) is 21.2. The first-order chi connectivity index (χ1) is 6.31. The van der Waals surface area contributed by atoms with E-state index in [1.54, 1.807) is 0 Å². The van der Waals surface area contributed by atoms with E-state index < -0.39 is 5.97 Å². The average Bonchev–Trinajstić information content (AvgIpc) is 1.99. The second-order valence-corrected chi connectivity index (χ2v) is 3.98. The van der Waals surface area contributed by atoms with Gasteiger partial charge in [0, 0.05) is 18.5 Å². The molecule has 0 bridgehead atoms. The predicted molar refractivity (Wildman–Crippen MR) is 52.8 cm³/mol. The second kappa shape index (κ2) is 5.59. The Balaban J connectivity index is 3.52. The number of carboxylic acid groups (broad SMARTS) is 1. The fraction of sp³-hybridized carbons (Fsp3) is 0.778. The van der Waals surface area contributed by atoms with Gasteiger partial charge in [-0.25, -0.2) is 0 Å². The minimum absolute atomic E-state index is 0.0439. The Labute approximate surface area is 83.7 Å². The number of carboxylic acids is 1. The number of rotatable bonds is 6. The van der Waals surface area contributed by atoms with Gasteiger partial charge in [-0.2, -0.15) is 0 Å². The molecule has 0 saturated carbocycles. The quantitative estimate of drug-likeness (QED) is 0.569. The van der Waals surface area contributed by atoms with Crippen molar-refractivity contribution in [2.75, 3.05) is 6.54 Å². The number of nitrogens with one attached hydrogen (secondary N) is 1. The molecule has 0 spiro atoms. The Morgan fingerprint density at radius 3 is 2.36 bits per heavy atom. The van der Waals surface area contributed by atoms with Crippen molar-refractivity contribution in [1.29, 1.82) is 0 Å². The van der Waals surface area contributed by atoms with Crippen LogP contribution in [0.1, 0.15) is 33.1 Å². The highest BCUT2D eigenvalue weighted by Gasteiger charge is 2.12. The second-order valence-electron chi connectivity index (χ2n) is 3.98. The molecule has 0 aliphatic rings. The molecule has 4 N–H and O–H groups in total. The van der Waals surface area contributed by atoms with Crippen molar-refractivity contribution >= 4 is 11.9 Å². The Kier molecular flexibility index (Phi) is 5.15. The van der Waals surface area contributed by atoms with Crippen LogP contribution >= 0.6 is 0 Å². The Hall–Kier alpha value is -1.10. The van der Waals surface area contributed by atoms with Gasteiger partial charge in [-0.05, 0) is 20.3 Å². The molecule has 1 amide bonds. The molecule has 0 aromatic rings. The van der Waals surface area contributed by atoms with Gasteiger partial charge in [-0.15, -0.1) is 0 Å². The number of aliphatic carboxylic acids is 1. The molecule has 82 valence electrons. The van der Waals surface area contributed by atoms with Crippen LogP contribution in [0.3, 0.4) is 0 Å². The Bertz CT molecular complexity index is 209. The van der Waals surface area contributed by atoms with Crippen molar-refractivity contribution in [3.8, 4) is 0 Å². The van der Waals surface area contributed by atoms with Crippen LogP contribution in [0, 0.1) is 0 Å². The smallest absolute Gasteiger partial charge is 0.305 e. The number of nitrogens with two attached hydrogens (primary N) is 1. The first-order valence-corrected chi connectivity index (χ1v) is 4.58. The van der Waals surface area contributed by atoms with Gasteiger partial charge in [0.1, 0.15) is 0 Å². The normalized spacial score (nSPS) is 11.1. The summed E-state index contributed by atoms with van der Waals surface area (Å²) in [5, 5.41) is 10.8. The molecular formula is C9H18N2O3. The third-order valence-electron chi connectivity index (χ3n) is 1.66. The molecule has 5 heteroatoms. The summed E-state index contributed by atoms with van der Waals surface area (Å²) in [6.45, 7) is 3.87. The van der Waals surface area contributed by atoms with Gasteiger partial charge in [0.2, 0.25) is 5.91 Å². The summed E-state index contributed by atoms with van der Waals surface area (Å²) in [6, 6.07) is 0. The minimum Gasteiger partial charge on any atom is -0.481 e. The maximum Gasteiger partial charge on any atom is 0.305 e. The van der Waals surface area contributed by atoms with E-state index in [-0.39, 0.29) is 24.4 Å². The molecule has 0 aromatic carbocycles. The first-order valence-electron chi connectivity index (χ1n) is 4.58. The molecule has 14 heavy (non-hydrogen) atoms. The van der Waals surface area contributed by atoms with Crippen LogP contribution in [-0.2, 0) is 9.59 Å². The monoisotopic (exact) mass is 202 g/mol. The maximum absolute atomic E-state index is 11.1. The topological polar surface area (TPSA) is 92.4 Å². The van der Waals surface area contributed by atoms with E-state index in [9.17, 15) is 9.59 Å². The van der Waals surface area contributed by atoms with Crippen molar-refractivity contribution in [2.24, 2.45) is 5.73 Å². The molecule has 5 nitrogen and oxygen atoms in total. The summed E-state index contributed by atoms with van der Waals surface area (Å²) in [5.74, 6) is -1.06. The lowest BCUT2D eigenvalue weighted by atomic mass is 10.00. The van der Waals surface area contributed by atoms with Gasteiger partial charge < -0.3 is 16.2 Å². The van der Waals surface area contributed by atoms with Crippen LogP contribution in [-0.4, -0.2) is 29.1 Å². The number of hydrogen-bond acceptors (Lipinski definition) is 3. The largest absolute Gasteiger partial charge is 0.481 e. The van der Waals surface area contributed by atoms with Crippen molar-refractivity contribution < 1.29 is 14.7 Å². The SMILES string of the molecule is CC(C)(N)CCC(=O)NCCC(=O)O. The van der Waals surface area contributed by atoms with E-state index in [4.69, 9.17) is 10.8 Å². The molecule has 0 rings (SSSR count). The standard InChI is InChI=1S/C9H18N2O3/c1-9(2,10)5-3-7(12)11-6-4-8(13)14/h3-6,10H2,1-2H3,(H,11,12)(H,13,14). The summed E-state index contributed by atoms with van der Waals surface area (Å²) in [6.07, 6.45) is 0.882. The van der Waals surface area contributed by atoms with Gasteiger partial charge in [0.05, 0.1) is 6.42 Å². The van der Waals surface area contributed by atoms with Crippen molar-refractivity contribution in [2.45, 2.75) is 38.6 Å². The van der Waals surface area contributed by atoms with Crippen molar-refractivity contribution in [1.82, 2.24) is 5.32 Å². The fourth-order valence-electron chi connectivity index (χ4n) is 0.833. The molecular weight excluding hydrogens is 184 g/mol. The molecule has 0 saturated heterocycles. The summed E-state index contributed by atoms with van der Waals surface area (Å²) in [5.41, 5.74) is 5.33. The van der Waals surface area contributed by atoms with Gasteiger partial charge in [-0.1, -0.05) is 0 Å². The van der Waals surface area contributed by atoms with Gasteiger partial charge in [0.15, 0.2) is 0 Å². The highest BCUT2D eigenvalue weighted by atomic mass is 16.4. The summed E-state index contributed by atoms with van der Waals surface area (Å²) in [7, 11) is 0. The molecule has 0 aliphatic carbocycles. The zero-order valence-corrected chi connectivity index (χ0v) is 8.67. The van der Waals surface area contributed by atoms with E-state index in [0.29, 0.717) is 12.8 Å². The molecule has 0 fully saturated rings. The van der Waals surface area contributed by atoms with Crippen LogP contribution in [0.15, 0.2) is 0 Å². The van der Waals surface area contributed by atoms with Crippen molar-refractivity contribution in [3.05, 3.63) is 0 Å². The van der Waals surface area contributed by atoms with E-state index in [2.05, 4.69) is 5.32 Å².